The molecule has 0 spiro atoms. The SMILES string of the molecule is CCC(C)NC(=NC)NCc1ccc(N(CC)CC)c(F)c1.I. The molecular formula is C17H30FIN4. The Kier molecular flexibility index (Phi) is 11.0. The molecule has 23 heavy (non-hydrogen) atoms. The molecule has 0 radical (unpaired) electrons. The van der Waals surface area contributed by atoms with E-state index in [4.69, 9.17) is 0 Å². The number of halogens is 2. The lowest BCUT2D eigenvalue weighted by Gasteiger charge is -2.22. The first-order valence-corrected chi connectivity index (χ1v) is 8.06. The predicted octanol–water partition coefficient (Wildman–Crippen LogP) is 3.75. The van der Waals surface area contributed by atoms with Gasteiger partial charge in [0.1, 0.15) is 5.82 Å². The number of hydrogen-bond donors (Lipinski definition) is 2. The molecule has 1 rings (SSSR count). The number of benzene rings is 1. The minimum Gasteiger partial charge on any atom is -0.370 e. The van der Waals surface area contributed by atoms with E-state index in [-0.39, 0.29) is 29.8 Å². The molecule has 0 fully saturated rings. The van der Waals surface area contributed by atoms with Crippen molar-refractivity contribution in [3.63, 3.8) is 0 Å². The van der Waals surface area contributed by atoms with Crippen molar-refractivity contribution >= 4 is 35.6 Å². The van der Waals surface area contributed by atoms with Crippen LogP contribution in [-0.2, 0) is 6.54 Å². The van der Waals surface area contributed by atoms with Crippen molar-refractivity contribution in [1.29, 1.82) is 0 Å². The first kappa shape index (κ1) is 21.9. The zero-order chi connectivity index (χ0) is 16.5. The molecule has 0 amide bonds. The predicted molar refractivity (Wildman–Crippen MR) is 108 cm³/mol. The number of nitrogens with one attached hydrogen (secondary N) is 2. The topological polar surface area (TPSA) is 39.7 Å². The van der Waals surface area contributed by atoms with E-state index in [1.165, 1.54) is 0 Å². The number of rotatable bonds is 7. The van der Waals surface area contributed by atoms with Gasteiger partial charge < -0.3 is 15.5 Å². The second-order valence-corrected chi connectivity index (χ2v) is 5.34. The van der Waals surface area contributed by atoms with Gasteiger partial charge in [-0.15, -0.1) is 24.0 Å². The average Bonchev–Trinajstić information content (AvgIpc) is 2.53. The molecule has 1 unspecified atom stereocenters. The van der Waals surface area contributed by atoms with Gasteiger partial charge in [0.05, 0.1) is 5.69 Å². The van der Waals surface area contributed by atoms with Crippen LogP contribution >= 0.6 is 24.0 Å². The molecule has 0 bridgehead atoms. The van der Waals surface area contributed by atoms with Crippen LogP contribution in [0, 0.1) is 5.82 Å². The molecule has 1 aromatic carbocycles. The van der Waals surface area contributed by atoms with Crippen molar-refractivity contribution in [1.82, 2.24) is 10.6 Å². The van der Waals surface area contributed by atoms with Crippen LogP contribution in [0.15, 0.2) is 23.2 Å². The minimum absolute atomic E-state index is 0. The molecule has 0 aliphatic rings. The monoisotopic (exact) mass is 436 g/mol. The van der Waals surface area contributed by atoms with Crippen LogP contribution in [0.2, 0.25) is 0 Å². The lowest BCUT2D eigenvalue weighted by atomic mass is 10.1. The lowest BCUT2D eigenvalue weighted by molar-refractivity contribution is 0.613. The molecular weight excluding hydrogens is 406 g/mol. The number of nitrogens with zero attached hydrogens (tertiary/aromatic N) is 2. The molecule has 0 saturated carbocycles. The Bertz CT molecular complexity index is 489. The van der Waals surface area contributed by atoms with Crippen molar-refractivity contribution in [3.05, 3.63) is 29.6 Å². The van der Waals surface area contributed by atoms with Crippen LogP contribution < -0.4 is 15.5 Å². The van der Waals surface area contributed by atoms with Crippen LogP contribution in [0.5, 0.6) is 0 Å². The summed E-state index contributed by atoms with van der Waals surface area (Å²) in [7, 11) is 1.74. The van der Waals surface area contributed by atoms with E-state index >= 15 is 0 Å². The smallest absolute Gasteiger partial charge is 0.191 e. The second-order valence-electron chi connectivity index (χ2n) is 5.34. The first-order valence-electron chi connectivity index (χ1n) is 8.06. The van der Waals surface area contributed by atoms with E-state index < -0.39 is 0 Å². The Morgan fingerprint density at radius 3 is 2.39 bits per heavy atom. The van der Waals surface area contributed by atoms with Crippen LogP contribution in [0.25, 0.3) is 0 Å². The van der Waals surface area contributed by atoms with Gasteiger partial charge in [0.25, 0.3) is 0 Å². The first-order chi connectivity index (χ1) is 10.5. The summed E-state index contributed by atoms with van der Waals surface area (Å²) in [6.07, 6.45) is 1.02. The van der Waals surface area contributed by atoms with Crippen LogP contribution in [0.1, 0.15) is 39.7 Å². The number of anilines is 1. The van der Waals surface area contributed by atoms with Gasteiger partial charge in [0.15, 0.2) is 5.96 Å². The summed E-state index contributed by atoms with van der Waals surface area (Å²) in [5, 5.41) is 6.50. The summed E-state index contributed by atoms with van der Waals surface area (Å²) in [6, 6.07) is 5.76. The van der Waals surface area contributed by atoms with E-state index in [0.29, 0.717) is 18.3 Å². The van der Waals surface area contributed by atoms with Crippen molar-refractivity contribution in [3.8, 4) is 0 Å². The number of aliphatic imine (C=N–C) groups is 1. The molecule has 132 valence electrons. The van der Waals surface area contributed by atoms with Crippen molar-refractivity contribution in [2.75, 3.05) is 25.0 Å². The summed E-state index contributed by atoms with van der Waals surface area (Å²) in [4.78, 5) is 6.19. The maximum Gasteiger partial charge on any atom is 0.191 e. The van der Waals surface area contributed by atoms with E-state index in [0.717, 1.165) is 31.0 Å². The molecule has 0 aliphatic carbocycles. The molecule has 6 heteroatoms. The Balaban J connectivity index is 0.00000484. The van der Waals surface area contributed by atoms with Crippen LogP contribution in [0.3, 0.4) is 0 Å². The third-order valence-corrected chi connectivity index (χ3v) is 3.80. The van der Waals surface area contributed by atoms with E-state index in [2.05, 4.69) is 29.5 Å². The van der Waals surface area contributed by atoms with Gasteiger partial charge in [0.2, 0.25) is 0 Å². The Labute approximate surface area is 157 Å². The molecule has 0 saturated heterocycles. The Hall–Kier alpha value is -1.05. The molecule has 0 aromatic heterocycles. The zero-order valence-electron chi connectivity index (χ0n) is 14.8. The van der Waals surface area contributed by atoms with Gasteiger partial charge in [-0.3, -0.25) is 4.99 Å². The largest absolute Gasteiger partial charge is 0.370 e. The van der Waals surface area contributed by atoms with E-state index in [9.17, 15) is 4.39 Å². The van der Waals surface area contributed by atoms with Gasteiger partial charge in [-0.05, 0) is 44.9 Å². The van der Waals surface area contributed by atoms with Gasteiger partial charge in [-0.1, -0.05) is 13.0 Å². The standard InChI is InChI=1S/C17H29FN4.HI/c1-6-13(4)21-17(19-5)20-12-14-9-10-16(15(18)11-14)22(7-2)8-3;/h9-11,13H,6-8,12H2,1-5H3,(H2,19,20,21);1H. The maximum absolute atomic E-state index is 14.2. The maximum atomic E-state index is 14.2. The van der Waals surface area contributed by atoms with Gasteiger partial charge >= 0.3 is 0 Å². The van der Waals surface area contributed by atoms with Crippen molar-refractivity contribution in [2.45, 2.75) is 46.7 Å². The fraction of sp³-hybridized carbons (Fsp3) is 0.588. The van der Waals surface area contributed by atoms with Crippen LogP contribution in [-0.4, -0.2) is 32.1 Å². The second kappa shape index (κ2) is 11.5. The fourth-order valence-electron chi connectivity index (χ4n) is 2.20. The minimum atomic E-state index is -0.173. The summed E-state index contributed by atoms with van der Waals surface area (Å²) < 4.78 is 14.2. The third-order valence-electron chi connectivity index (χ3n) is 3.80. The van der Waals surface area contributed by atoms with E-state index in [1.807, 2.05) is 30.9 Å². The average molecular weight is 436 g/mol. The molecule has 1 aromatic rings. The highest BCUT2D eigenvalue weighted by Crippen LogP contribution is 2.20. The van der Waals surface area contributed by atoms with Gasteiger partial charge in [0, 0.05) is 32.7 Å². The third kappa shape index (κ3) is 6.93. The summed E-state index contributed by atoms with van der Waals surface area (Å²) >= 11 is 0. The quantitative estimate of drug-likeness (QED) is 0.389. The number of guanidine groups is 1. The van der Waals surface area contributed by atoms with Gasteiger partial charge in [-0.25, -0.2) is 4.39 Å². The summed E-state index contributed by atoms with van der Waals surface area (Å²) in [5.74, 6) is 0.565. The Morgan fingerprint density at radius 1 is 1.26 bits per heavy atom. The van der Waals surface area contributed by atoms with Crippen LogP contribution in [0.4, 0.5) is 10.1 Å². The van der Waals surface area contributed by atoms with Gasteiger partial charge in [-0.2, -0.15) is 0 Å². The molecule has 0 aliphatic heterocycles. The highest BCUT2D eigenvalue weighted by molar-refractivity contribution is 14.0. The molecule has 0 heterocycles. The normalized spacial score (nSPS) is 12.3. The fourth-order valence-corrected chi connectivity index (χ4v) is 2.20. The summed E-state index contributed by atoms with van der Waals surface area (Å²) in [5.41, 5.74) is 1.57. The van der Waals surface area contributed by atoms with Crippen molar-refractivity contribution < 1.29 is 4.39 Å². The van der Waals surface area contributed by atoms with Crippen molar-refractivity contribution in [2.24, 2.45) is 4.99 Å². The zero-order valence-corrected chi connectivity index (χ0v) is 17.1. The molecule has 4 nitrogen and oxygen atoms in total. The highest BCUT2D eigenvalue weighted by atomic mass is 127. The summed E-state index contributed by atoms with van der Waals surface area (Å²) in [6.45, 7) is 10.4. The lowest BCUT2D eigenvalue weighted by Crippen LogP contribution is -2.41. The highest BCUT2D eigenvalue weighted by Gasteiger charge is 2.09. The van der Waals surface area contributed by atoms with E-state index in [1.54, 1.807) is 13.1 Å². The Morgan fingerprint density at radius 2 is 1.91 bits per heavy atom. The molecule has 1 atom stereocenters. The number of hydrogen-bond acceptors (Lipinski definition) is 2. The molecule has 2 N–H and O–H groups in total.